The Kier molecular flexibility index (Phi) is 4.98. The van der Waals surface area contributed by atoms with Gasteiger partial charge in [-0.25, -0.2) is 4.98 Å². The summed E-state index contributed by atoms with van der Waals surface area (Å²) in [5, 5.41) is 4.66. The van der Waals surface area contributed by atoms with Crippen LogP contribution in [-0.2, 0) is 16.9 Å². The normalized spacial score (nSPS) is 23.4. The lowest BCUT2D eigenvalue weighted by Crippen LogP contribution is -2.19. The van der Waals surface area contributed by atoms with E-state index in [9.17, 15) is 0 Å². The van der Waals surface area contributed by atoms with Crippen molar-refractivity contribution in [2.75, 3.05) is 13.2 Å². The minimum Gasteiger partial charge on any atom is -0.368 e. The fourth-order valence-electron chi connectivity index (χ4n) is 2.49. The van der Waals surface area contributed by atoms with Gasteiger partial charge in [0.05, 0.1) is 5.69 Å². The fourth-order valence-corrected chi connectivity index (χ4v) is 3.81. The third-order valence-electron chi connectivity index (χ3n) is 3.66. The van der Waals surface area contributed by atoms with Crippen molar-refractivity contribution in [1.29, 1.82) is 0 Å². The van der Waals surface area contributed by atoms with Crippen molar-refractivity contribution in [3.8, 4) is 0 Å². The van der Waals surface area contributed by atoms with E-state index in [2.05, 4.69) is 33.0 Å². The smallest absolute Gasteiger partial charge is 0.125 e. The van der Waals surface area contributed by atoms with E-state index in [4.69, 9.17) is 9.72 Å². The van der Waals surface area contributed by atoms with E-state index in [1.165, 1.54) is 22.0 Å². The summed E-state index contributed by atoms with van der Waals surface area (Å²) in [5.74, 6) is 0.480. The number of hydrogen-bond acceptors (Lipinski definition) is 4. The van der Waals surface area contributed by atoms with Gasteiger partial charge in [-0.3, -0.25) is 0 Å². The van der Waals surface area contributed by atoms with Crippen LogP contribution in [0.25, 0.3) is 0 Å². The van der Waals surface area contributed by atoms with E-state index in [0.717, 1.165) is 32.5 Å². The lowest BCUT2D eigenvalue weighted by atomic mass is 10.0. The standard InChI is InChI=1S/C15H26N2OS/c1-5-8-16-10-12-13(11(2)3)17-14(19-12)15(4)7-6-9-18-15/h11,16H,5-10H2,1-4H3. The maximum atomic E-state index is 5.93. The van der Waals surface area contributed by atoms with Gasteiger partial charge in [-0.15, -0.1) is 11.3 Å². The molecule has 0 radical (unpaired) electrons. The average Bonchev–Trinajstić information content (AvgIpc) is 2.97. The summed E-state index contributed by atoms with van der Waals surface area (Å²) >= 11 is 1.84. The molecule has 0 saturated carbocycles. The zero-order valence-electron chi connectivity index (χ0n) is 12.6. The number of rotatable bonds is 6. The SMILES string of the molecule is CCCNCc1sc(C2(C)CCCO2)nc1C(C)C. The molecule has 0 spiro atoms. The maximum absolute atomic E-state index is 5.93. The summed E-state index contributed by atoms with van der Waals surface area (Å²) in [6, 6.07) is 0. The molecule has 0 bridgehead atoms. The molecule has 3 nitrogen and oxygen atoms in total. The first-order chi connectivity index (χ1) is 9.07. The molecular weight excluding hydrogens is 256 g/mol. The molecule has 1 atom stereocenters. The highest BCUT2D eigenvalue weighted by Crippen LogP contribution is 2.39. The molecule has 1 aromatic rings. The fraction of sp³-hybridized carbons (Fsp3) is 0.800. The molecule has 1 N–H and O–H groups in total. The Morgan fingerprint density at radius 1 is 1.47 bits per heavy atom. The van der Waals surface area contributed by atoms with Crippen LogP contribution < -0.4 is 5.32 Å². The van der Waals surface area contributed by atoms with Crippen LogP contribution in [-0.4, -0.2) is 18.1 Å². The first-order valence-corrected chi connectivity index (χ1v) is 8.23. The van der Waals surface area contributed by atoms with Gasteiger partial charge in [0.15, 0.2) is 0 Å². The highest BCUT2D eigenvalue weighted by Gasteiger charge is 2.35. The Hall–Kier alpha value is -0.450. The van der Waals surface area contributed by atoms with Gasteiger partial charge in [-0.05, 0) is 38.6 Å². The summed E-state index contributed by atoms with van der Waals surface area (Å²) in [6.07, 6.45) is 3.42. The molecule has 1 aliphatic rings. The van der Waals surface area contributed by atoms with Crippen LogP contribution >= 0.6 is 11.3 Å². The van der Waals surface area contributed by atoms with Gasteiger partial charge in [-0.2, -0.15) is 0 Å². The van der Waals surface area contributed by atoms with Crippen LogP contribution in [0.15, 0.2) is 0 Å². The molecule has 1 aliphatic heterocycles. The highest BCUT2D eigenvalue weighted by atomic mass is 32.1. The second-order valence-corrected chi connectivity index (χ2v) is 6.93. The second-order valence-electron chi connectivity index (χ2n) is 5.84. The van der Waals surface area contributed by atoms with E-state index in [0.29, 0.717) is 5.92 Å². The van der Waals surface area contributed by atoms with E-state index >= 15 is 0 Å². The van der Waals surface area contributed by atoms with Crippen molar-refractivity contribution in [1.82, 2.24) is 10.3 Å². The Labute approximate surface area is 120 Å². The molecule has 0 aliphatic carbocycles. The topological polar surface area (TPSA) is 34.1 Å². The molecule has 19 heavy (non-hydrogen) atoms. The predicted molar refractivity (Wildman–Crippen MR) is 80.7 cm³/mol. The third kappa shape index (κ3) is 3.36. The molecular formula is C15H26N2OS. The zero-order chi connectivity index (χ0) is 13.9. The predicted octanol–water partition coefficient (Wildman–Crippen LogP) is 3.79. The number of hydrogen-bond donors (Lipinski definition) is 1. The molecule has 1 unspecified atom stereocenters. The van der Waals surface area contributed by atoms with Crippen LogP contribution in [0.4, 0.5) is 0 Å². The van der Waals surface area contributed by atoms with Crippen molar-refractivity contribution in [3.63, 3.8) is 0 Å². The summed E-state index contributed by atoms with van der Waals surface area (Å²) in [7, 11) is 0. The lowest BCUT2D eigenvalue weighted by Gasteiger charge is -2.19. The Balaban J connectivity index is 2.19. The Bertz CT molecular complexity index is 408. The van der Waals surface area contributed by atoms with Gasteiger partial charge >= 0.3 is 0 Å². The molecule has 0 amide bonds. The number of aromatic nitrogens is 1. The van der Waals surface area contributed by atoms with E-state index in [1.54, 1.807) is 0 Å². The number of nitrogens with one attached hydrogen (secondary N) is 1. The van der Waals surface area contributed by atoms with Crippen molar-refractivity contribution in [3.05, 3.63) is 15.6 Å². The van der Waals surface area contributed by atoms with Gasteiger partial charge in [0, 0.05) is 18.0 Å². The lowest BCUT2D eigenvalue weighted by molar-refractivity contribution is 0.0165. The van der Waals surface area contributed by atoms with Crippen molar-refractivity contribution in [2.24, 2.45) is 0 Å². The maximum Gasteiger partial charge on any atom is 0.125 e. The molecule has 1 aromatic heterocycles. The second kappa shape index (κ2) is 6.33. The van der Waals surface area contributed by atoms with E-state index < -0.39 is 0 Å². The van der Waals surface area contributed by atoms with Crippen molar-refractivity contribution < 1.29 is 4.74 Å². The summed E-state index contributed by atoms with van der Waals surface area (Å²) < 4.78 is 5.93. The molecule has 1 fully saturated rings. The number of nitrogens with zero attached hydrogens (tertiary/aromatic N) is 1. The minimum atomic E-state index is -0.142. The Morgan fingerprint density at radius 2 is 2.26 bits per heavy atom. The van der Waals surface area contributed by atoms with Gasteiger partial charge < -0.3 is 10.1 Å². The molecule has 2 heterocycles. The van der Waals surface area contributed by atoms with Crippen LogP contribution in [0, 0.1) is 0 Å². The van der Waals surface area contributed by atoms with Crippen LogP contribution in [0.3, 0.4) is 0 Å². The highest BCUT2D eigenvalue weighted by molar-refractivity contribution is 7.11. The first-order valence-electron chi connectivity index (χ1n) is 7.41. The largest absolute Gasteiger partial charge is 0.368 e. The summed E-state index contributed by atoms with van der Waals surface area (Å²) in [4.78, 5) is 6.28. The van der Waals surface area contributed by atoms with E-state index in [-0.39, 0.29) is 5.60 Å². The molecule has 4 heteroatoms. The summed E-state index contributed by atoms with van der Waals surface area (Å²) in [6.45, 7) is 11.7. The average molecular weight is 282 g/mol. The van der Waals surface area contributed by atoms with Crippen molar-refractivity contribution in [2.45, 2.75) is 65.0 Å². The molecule has 108 valence electrons. The first kappa shape index (κ1) is 14.9. The number of thiazole rings is 1. The van der Waals surface area contributed by atoms with Crippen LogP contribution in [0.2, 0.25) is 0 Å². The third-order valence-corrected chi connectivity index (χ3v) is 4.97. The van der Waals surface area contributed by atoms with Crippen LogP contribution in [0.1, 0.15) is 68.5 Å². The molecule has 1 saturated heterocycles. The number of ether oxygens (including phenoxy) is 1. The minimum absolute atomic E-state index is 0.142. The molecule has 0 aromatic carbocycles. The monoisotopic (exact) mass is 282 g/mol. The van der Waals surface area contributed by atoms with Gasteiger partial charge in [0.1, 0.15) is 10.6 Å². The van der Waals surface area contributed by atoms with Gasteiger partial charge in [0.2, 0.25) is 0 Å². The Morgan fingerprint density at radius 3 is 2.84 bits per heavy atom. The molecule has 2 rings (SSSR count). The zero-order valence-corrected chi connectivity index (χ0v) is 13.4. The van der Waals surface area contributed by atoms with Crippen LogP contribution in [0.5, 0.6) is 0 Å². The van der Waals surface area contributed by atoms with E-state index in [1.807, 2.05) is 11.3 Å². The quantitative estimate of drug-likeness (QED) is 0.806. The van der Waals surface area contributed by atoms with Gasteiger partial charge in [-0.1, -0.05) is 20.8 Å². The summed E-state index contributed by atoms with van der Waals surface area (Å²) in [5.41, 5.74) is 1.11. The van der Waals surface area contributed by atoms with Gasteiger partial charge in [0.25, 0.3) is 0 Å². The van der Waals surface area contributed by atoms with Crippen molar-refractivity contribution >= 4 is 11.3 Å².